The van der Waals surface area contributed by atoms with Crippen molar-refractivity contribution in [2.45, 2.75) is 50.9 Å². The van der Waals surface area contributed by atoms with Crippen molar-refractivity contribution >= 4 is 34.4 Å². The van der Waals surface area contributed by atoms with Crippen LogP contribution in [0.25, 0.3) is 11.0 Å². The number of benzene rings is 3. The standard InChI is InChI=1S/C34H34ClF3N6O2/c1-42-30-9-2-21(16-29(30)40-41-42)19-43-13-10-33(11-14-43)12-15-44(20-33)32(46)23-4-3-22-5-8-28(25(22)17-23)39-31(45)26-18-24(34(36,37)38)6-7-27(26)35/h2-4,6-7,9,16-18,28H,5,8,10-15,19-20H2,1H3,(H,39,45). The highest BCUT2D eigenvalue weighted by atomic mass is 35.5. The van der Waals surface area contributed by atoms with E-state index in [0.717, 1.165) is 85.8 Å². The molecule has 1 aliphatic carbocycles. The summed E-state index contributed by atoms with van der Waals surface area (Å²) in [6.07, 6.45) is -0.277. The van der Waals surface area contributed by atoms with Crippen LogP contribution in [0.3, 0.4) is 0 Å². The highest BCUT2D eigenvalue weighted by molar-refractivity contribution is 6.33. The van der Waals surface area contributed by atoms with E-state index in [1.54, 1.807) is 4.68 Å². The monoisotopic (exact) mass is 650 g/mol. The third-order valence-corrected chi connectivity index (χ3v) is 10.4. The number of carbonyl (C=O) groups is 2. The van der Waals surface area contributed by atoms with E-state index < -0.39 is 23.7 Å². The molecule has 3 aliphatic rings. The predicted molar refractivity (Wildman–Crippen MR) is 167 cm³/mol. The Hall–Kier alpha value is -3.96. The number of hydrogen-bond donors (Lipinski definition) is 1. The molecule has 12 heteroatoms. The number of carbonyl (C=O) groups excluding carboxylic acids is 2. The maximum absolute atomic E-state index is 13.7. The summed E-state index contributed by atoms with van der Waals surface area (Å²) >= 11 is 6.11. The summed E-state index contributed by atoms with van der Waals surface area (Å²) in [5.74, 6) is -0.704. The lowest BCUT2D eigenvalue weighted by molar-refractivity contribution is -0.137. The van der Waals surface area contributed by atoms with Crippen molar-refractivity contribution in [3.63, 3.8) is 0 Å². The molecular formula is C34H34ClF3N6O2. The Bertz CT molecular complexity index is 1830. The second kappa shape index (κ2) is 11.7. The molecule has 3 heterocycles. The highest BCUT2D eigenvalue weighted by Crippen LogP contribution is 2.42. The number of fused-ring (bicyclic) bond motifs is 2. The van der Waals surface area contributed by atoms with E-state index in [9.17, 15) is 22.8 Å². The van der Waals surface area contributed by atoms with Crippen LogP contribution in [0.5, 0.6) is 0 Å². The Balaban J connectivity index is 0.980. The van der Waals surface area contributed by atoms with E-state index in [-0.39, 0.29) is 21.9 Å². The van der Waals surface area contributed by atoms with E-state index in [2.05, 4.69) is 38.7 Å². The van der Waals surface area contributed by atoms with E-state index >= 15 is 0 Å². The minimum Gasteiger partial charge on any atom is -0.345 e. The fraction of sp³-hybridized carbons (Fsp3) is 0.412. The van der Waals surface area contributed by atoms with Gasteiger partial charge < -0.3 is 10.2 Å². The SMILES string of the molecule is Cn1nnc2cc(CN3CCC4(CC3)CCN(C(=O)c3ccc5c(c3)C(NC(=O)c3cc(C(F)(F)F)ccc3Cl)CC5)C4)ccc21. The van der Waals surface area contributed by atoms with Crippen LogP contribution in [0.2, 0.25) is 5.02 Å². The first kappa shape index (κ1) is 30.7. The Labute approximate surface area is 269 Å². The molecule has 7 rings (SSSR count). The van der Waals surface area contributed by atoms with Crippen LogP contribution in [-0.2, 0) is 26.2 Å². The summed E-state index contributed by atoms with van der Waals surface area (Å²) in [6, 6.07) is 14.2. The molecule has 0 radical (unpaired) electrons. The molecule has 240 valence electrons. The summed E-state index contributed by atoms with van der Waals surface area (Å²) in [6.45, 7) is 4.22. The van der Waals surface area contributed by atoms with Gasteiger partial charge in [-0.05, 0) is 110 Å². The lowest BCUT2D eigenvalue weighted by Crippen LogP contribution is -2.42. The zero-order chi connectivity index (χ0) is 32.2. The average Bonchev–Trinajstić information content (AvgIpc) is 3.74. The van der Waals surface area contributed by atoms with Gasteiger partial charge >= 0.3 is 6.18 Å². The van der Waals surface area contributed by atoms with Gasteiger partial charge in [0.1, 0.15) is 5.52 Å². The quantitative estimate of drug-likeness (QED) is 0.279. The van der Waals surface area contributed by atoms with E-state index in [0.29, 0.717) is 24.9 Å². The summed E-state index contributed by atoms with van der Waals surface area (Å²) < 4.78 is 41.5. The normalized spacial score (nSPS) is 19.6. The minimum absolute atomic E-state index is 0.0303. The molecule has 1 aromatic heterocycles. The third-order valence-electron chi connectivity index (χ3n) is 10.0. The Kier molecular flexibility index (Phi) is 7.79. The molecule has 1 unspecified atom stereocenters. The van der Waals surface area contributed by atoms with Crippen LogP contribution in [0.1, 0.15) is 74.7 Å². The van der Waals surface area contributed by atoms with Gasteiger partial charge in [-0.1, -0.05) is 28.9 Å². The van der Waals surface area contributed by atoms with Crippen LogP contribution >= 0.6 is 11.6 Å². The van der Waals surface area contributed by atoms with Crippen LogP contribution in [0, 0.1) is 5.41 Å². The van der Waals surface area contributed by atoms with Gasteiger partial charge in [-0.15, -0.1) is 5.10 Å². The molecule has 0 saturated carbocycles. The highest BCUT2D eigenvalue weighted by Gasteiger charge is 2.42. The minimum atomic E-state index is -4.59. The first-order valence-corrected chi connectivity index (χ1v) is 16.0. The van der Waals surface area contributed by atoms with Crippen LogP contribution < -0.4 is 5.32 Å². The number of aromatic nitrogens is 3. The number of amides is 2. The smallest absolute Gasteiger partial charge is 0.345 e. The fourth-order valence-electron chi connectivity index (χ4n) is 7.32. The number of likely N-dealkylation sites (tertiary alicyclic amines) is 2. The van der Waals surface area contributed by atoms with Gasteiger partial charge in [0.2, 0.25) is 0 Å². The molecule has 1 N–H and O–H groups in total. The zero-order valence-electron chi connectivity index (χ0n) is 25.4. The number of nitrogens with one attached hydrogen (secondary N) is 1. The Morgan fingerprint density at radius 2 is 1.80 bits per heavy atom. The second-order valence-electron chi connectivity index (χ2n) is 13.0. The zero-order valence-corrected chi connectivity index (χ0v) is 26.2. The van der Waals surface area contributed by atoms with Crippen molar-refractivity contribution in [2.75, 3.05) is 26.2 Å². The Morgan fingerprint density at radius 1 is 1.02 bits per heavy atom. The summed E-state index contributed by atoms with van der Waals surface area (Å²) in [4.78, 5) is 31.2. The largest absolute Gasteiger partial charge is 0.416 e. The number of nitrogens with zero attached hydrogens (tertiary/aromatic N) is 5. The van der Waals surface area contributed by atoms with Gasteiger partial charge in [0.25, 0.3) is 11.8 Å². The molecule has 3 aromatic carbocycles. The number of alkyl halides is 3. The van der Waals surface area contributed by atoms with E-state index in [1.165, 1.54) is 5.56 Å². The number of hydrogen-bond acceptors (Lipinski definition) is 5. The van der Waals surface area contributed by atoms with Crippen molar-refractivity contribution < 1.29 is 22.8 Å². The van der Waals surface area contributed by atoms with Gasteiger partial charge in [0.15, 0.2) is 0 Å². The molecule has 4 aromatic rings. The average molecular weight is 651 g/mol. The number of aryl methyl sites for hydroxylation is 2. The maximum Gasteiger partial charge on any atom is 0.416 e. The Morgan fingerprint density at radius 3 is 2.59 bits per heavy atom. The molecule has 0 bridgehead atoms. The van der Waals surface area contributed by atoms with Gasteiger partial charge in [-0.2, -0.15) is 13.2 Å². The van der Waals surface area contributed by atoms with Gasteiger partial charge in [0.05, 0.1) is 27.7 Å². The van der Waals surface area contributed by atoms with E-state index in [1.807, 2.05) is 30.1 Å². The van der Waals surface area contributed by atoms with Crippen molar-refractivity contribution in [3.05, 3.63) is 93.0 Å². The predicted octanol–water partition coefficient (Wildman–Crippen LogP) is 6.19. The molecule has 46 heavy (non-hydrogen) atoms. The fourth-order valence-corrected chi connectivity index (χ4v) is 7.53. The van der Waals surface area contributed by atoms with Gasteiger partial charge in [-0.25, -0.2) is 4.68 Å². The number of halogens is 4. The molecular weight excluding hydrogens is 617 g/mol. The van der Waals surface area contributed by atoms with Crippen LogP contribution in [0.4, 0.5) is 13.2 Å². The molecule has 1 spiro atoms. The van der Waals surface area contributed by atoms with E-state index in [4.69, 9.17) is 11.6 Å². The first-order chi connectivity index (χ1) is 22.0. The van der Waals surface area contributed by atoms with Crippen LogP contribution in [-0.4, -0.2) is 62.8 Å². The van der Waals surface area contributed by atoms with Crippen molar-refractivity contribution in [1.82, 2.24) is 30.1 Å². The van der Waals surface area contributed by atoms with Crippen molar-refractivity contribution in [1.29, 1.82) is 0 Å². The van der Waals surface area contributed by atoms with Crippen molar-refractivity contribution in [3.8, 4) is 0 Å². The topological polar surface area (TPSA) is 83.4 Å². The van der Waals surface area contributed by atoms with Gasteiger partial charge in [0, 0.05) is 32.2 Å². The maximum atomic E-state index is 13.7. The van der Waals surface area contributed by atoms with Crippen molar-refractivity contribution in [2.24, 2.45) is 12.5 Å². The molecule has 8 nitrogen and oxygen atoms in total. The van der Waals surface area contributed by atoms with Gasteiger partial charge in [-0.3, -0.25) is 14.5 Å². The molecule has 2 amide bonds. The third kappa shape index (κ3) is 5.86. The molecule has 2 saturated heterocycles. The summed E-state index contributed by atoms with van der Waals surface area (Å²) in [5, 5.41) is 11.1. The number of rotatable bonds is 5. The second-order valence-corrected chi connectivity index (χ2v) is 13.4. The molecule has 1 atom stereocenters. The molecule has 2 aliphatic heterocycles. The molecule has 2 fully saturated rings. The van der Waals surface area contributed by atoms with Crippen LogP contribution in [0.15, 0.2) is 54.6 Å². The lowest BCUT2D eigenvalue weighted by atomic mass is 9.77. The summed E-state index contributed by atoms with van der Waals surface area (Å²) in [7, 11) is 1.89. The summed E-state index contributed by atoms with van der Waals surface area (Å²) in [5.41, 5.74) is 4.48. The lowest BCUT2D eigenvalue weighted by Gasteiger charge is -2.39. The number of piperidine rings is 1. The first-order valence-electron chi connectivity index (χ1n) is 15.6.